The minimum Gasteiger partial charge on any atom is -0.423 e. The van der Waals surface area contributed by atoms with E-state index >= 15 is 0 Å². The van der Waals surface area contributed by atoms with E-state index in [4.69, 9.17) is 24.4 Å². The Hall–Kier alpha value is -7.12. The van der Waals surface area contributed by atoms with Crippen LogP contribution in [0.4, 0.5) is 11.6 Å². The summed E-state index contributed by atoms with van der Waals surface area (Å²) in [5, 5.41) is 1.13. The first-order valence-electron chi connectivity index (χ1n) is 17.8. The summed E-state index contributed by atoms with van der Waals surface area (Å²) in [6.07, 6.45) is 4.60. The fourth-order valence-electron chi connectivity index (χ4n) is 8.08. The fraction of sp³-hybridized carbons (Fsp3) is 0.0435. The Balaban J connectivity index is 1.14. The first-order chi connectivity index (χ1) is 26.3. The summed E-state index contributed by atoms with van der Waals surface area (Å²) in [6.45, 7) is 0. The molecule has 53 heavy (non-hydrogen) atoms. The van der Waals surface area contributed by atoms with E-state index in [9.17, 15) is 0 Å². The Morgan fingerprint density at radius 3 is 1.94 bits per heavy atom. The minimum atomic E-state index is -0.200. The number of hydrogen-bond donors (Lipinski definition) is 0. The van der Waals surface area contributed by atoms with E-state index in [0.29, 0.717) is 23.6 Å². The van der Waals surface area contributed by atoms with Crippen LogP contribution in [0.25, 0.3) is 68.0 Å². The zero-order chi connectivity index (χ0) is 34.9. The van der Waals surface area contributed by atoms with E-state index < -0.39 is 0 Å². The SMILES string of the molecule is C1=CC2c3ccccc3N(c3nc(-c4ccccc4)nc(-c4ccc(-c5ccccc5)cc4)n3)C2c2c1c1ccccc1n2-c1nc2ccccc2o1. The molecule has 2 atom stereocenters. The molecule has 0 bridgehead atoms. The summed E-state index contributed by atoms with van der Waals surface area (Å²) in [5.41, 5.74) is 11.2. The molecule has 4 heterocycles. The Morgan fingerprint density at radius 1 is 0.528 bits per heavy atom. The van der Waals surface area contributed by atoms with Crippen LogP contribution in [0.15, 0.2) is 168 Å². The third-order valence-electron chi connectivity index (χ3n) is 10.5. The third-order valence-corrected chi connectivity index (χ3v) is 10.5. The van der Waals surface area contributed by atoms with Gasteiger partial charge in [-0.05, 0) is 41.0 Å². The molecular weight excluding hydrogens is 653 g/mol. The second-order valence-corrected chi connectivity index (χ2v) is 13.5. The monoisotopic (exact) mass is 682 g/mol. The van der Waals surface area contributed by atoms with E-state index in [2.05, 4.69) is 131 Å². The summed E-state index contributed by atoms with van der Waals surface area (Å²) in [6, 6.07) is 54.4. The van der Waals surface area contributed by atoms with E-state index in [1.54, 1.807) is 0 Å². The van der Waals surface area contributed by atoms with Crippen molar-refractivity contribution in [1.29, 1.82) is 0 Å². The minimum absolute atomic E-state index is 0.0247. The molecule has 2 unspecified atom stereocenters. The van der Waals surface area contributed by atoms with Gasteiger partial charge in [0, 0.05) is 33.7 Å². The highest BCUT2D eigenvalue weighted by Crippen LogP contribution is 2.57. The van der Waals surface area contributed by atoms with Crippen molar-refractivity contribution >= 4 is 39.7 Å². The van der Waals surface area contributed by atoms with Crippen molar-refractivity contribution in [1.82, 2.24) is 24.5 Å². The van der Waals surface area contributed by atoms with E-state index in [-0.39, 0.29) is 12.0 Å². The van der Waals surface area contributed by atoms with Crippen LogP contribution < -0.4 is 4.90 Å². The molecule has 1 aliphatic heterocycles. The summed E-state index contributed by atoms with van der Waals surface area (Å²) in [4.78, 5) is 23.0. The van der Waals surface area contributed by atoms with Crippen LogP contribution >= 0.6 is 0 Å². The van der Waals surface area contributed by atoms with Gasteiger partial charge < -0.3 is 9.32 Å². The number of rotatable bonds is 5. The average Bonchev–Trinajstić information content (AvgIpc) is 3.91. The smallest absolute Gasteiger partial charge is 0.307 e. The van der Waals surface area contributed by atoms with Crippen molar-refractivity contribution in [2.24, 2.45) is 0 Å². The van der Waals surface area contributed by atoms with Gasteiger partial charge in [-0.2, -0.15) is 15.0 Å². The largest absolute Gasteiger partial charge is 0.423 e. The number of aromatic nitrogens is 5. The van der Waals surface area contributed by atoms with Crippen LogP contribution in [0, 0.1) is 0 Å². The number of fused-ring (bicyclic) bond motifs is 8. The number of hydrogen-bond acceptors (Lipinski definition) is 6. The molecule has 3 aromatic heterocycles. The lowest BCUT2D eigenvalue weighted by molar-refractivity contribution is 0.543. The summed E-state index contributed by atoms with van der Waals surface area (Å²) in [7, 11) is 0. The van der Waals surface area contributed by atoms with Gasteiger partial charge in [0.1, 0.15) is 5.52 Å². The van der Waals surface area contributed by atoms with E-state index in [1.165, 1.54) is 5.56 Å². The Morgan fingerprint density at radius 2 is 1.15 bits per heavy atom. The third kappa shape index (κ3) is 4.67. The van der Waals surface area contributed by atoms with Crippen molar-refractivity contribution < 1.29 is 4.42 Å². The molecule has 6 aromatic carbocycles. The van der Waals surface area contributed by atoms with Crippen LogP contribution in [-0.2, 0) is 0 Å². The predicted molar refractivity (Wildman–Crippen MR) is 210 cm³/mol. The van der Waals surface area contributed by atoms with Gasteiger partial charge in [0.25, 0.3) is 0 Å². The molecule has 250 valence electrons. The molecule has 0 saturated carbocycles. The van der Waals surface area contributed by atoms with Gasteiger partial charge in [0.15, 0.2) is 17.2 Å². The first kappa shape index (κ1) is 29.6. The molecule has 0 saturated heterocycles. The second-order valence-electron chi connectivity index (χ2n) is 13.5. The quantitative estimate of drug-likeness (QED) is 0.180. The lowest BCUT2D eigenvalue weighted by atomic mass is 9.86. The van der Waals surface area contributed by atoms with Crippen molar-refractivity contribution in [2.75, 3.05) is 4.90 Å². The second kappa shape index (κ2) is 11.7. The fourth-order valence-corrected chi connectivity index (χ4v) is 8.08. The maximum Gasteiger partial charge on any atom is 0.307 e. The Bertz CT molecular complexity index is 2820. The molecule has 0 amide bonds. The lowest BCUT2D eigenvalue weighted by Gasteiger charge is -2.31. The average molecular weight is 683 g/mol. The highest BCUT2D eigenvalue weighted by atomic mass is 16.4. The van der Waals surface area contributed by atoms with Gasteiger partial charge in [0.05, 0.1) is 17.3 Å². The molecule has 0 radical (unpaired) electrons. The Kier molecular flexibility index (Phi) is 6.54. The van der Waals surface area contributed by atoms with Gasteiger partial charge in [0.2, 0.25) is 5.95 Å². The summed E-state index contributed by atoms with van der Waals surface area (Å²) in [5.74, 6) is 1.83. The highest BCUT2D eigenvalue weighted by Gasteiger charge is 2.46. The number of nitrogens with zero attached hydrogens (tertiary/aromatic N) is 6. The molecule has 7 heteroatoms. The lowest BCUT2D eigenvalue weighted by Crippen LogP contribution is -2.28. The van der Waals surface area contributed by atoms with E-state index in [0.717, 1.165) is 61.2 Å². The molecule has 2 aliphatic rings. The van der Waals surface area contributed by atoms with Crippen LogP contribution in [-0.4, -0.2) is 24.5 Å². The van der Waals surface area contributed by atoms with Crippen LogP contribution in [0.3, 0.4) is 0 Å². The molecule has 0 fully saturated rings. The summed E-state index contributed by atoms with van der Waals surface area (Å²) < 4.78 is 8.72. The van der Waals surface area contributed by atoms with Gasteiger partial charge >= 0.3 is 6.01 Å². The maximum atomic E-state index is 6.52. The molecule has 1 aliphatic carbocycles. The predicted octanol–water partition coefficient (Wildman–Crippen LogP) is 11.0. The zero-order valence-corrected chi connectivity index (χ0v) is 28.4. The molecular formula is C46H30N6O. The van der Waals surface area contributed by atoms with Gasteiger partial charge in [-0.3, -0.25) is 4.57 Å². The van der Waals surface area contributed by atoms with E-state index in [1.807, 2.05) is 48.5 Å². The van der Waals surface area contributed by atoms with Crippen LogP contribution in [0.2, 0.25) is 0 Å². The van der Waals surface area contributed by atoms with Gasteiger partial charge in [-0.1, -0.05) is 146 Å². The molecule has 7 nitrogen and oxygen atoms in total. The van der Waals surface area contributed by atoms with Crippen molar-refractivity contribution in [3.63, 3.8) is 0 Å². The van der Waals surface area contributed by atoms with Gasteiger partial charge in [-0.15, -0.1) is 0 Å². The number of anilines is 2. The number of oxazole rings is 1. The first-order valence-corrected chi connectivity index (χ1v) is 17.8. The zero-order valence-electron chi connectivity index (χ0n) is 28.4. The molecule has 0 spiro atoms. The molecule has 11 rings (SSSR count). The molecule has 0 N–H and O–H groups in total. The van der Waals surface area contributed by atoms with Gasteiger partial charge in [-0.25, -0.2) is 4.98 Å². The van der Waals surface area contributed by atoms with Crippen molar-refractivity contribution in [3.05, 3.63) is 181 Å². The highest BCUT2D eigenvalue weighted by molar-refractivity contribution is 5.95. The van der Waals surface area contributed by atoms with Crippen molar-refractivity contribution in [2.45, 2.75) is 12.0 Å². The van der Waals surface area contributed by atoms with Crippen molar-refractivity contribution in [3.8, 4) is 39.9 Å². The molecule has 9 aromatic rings. The summed E-state index contributed by atoms with van der Waals surface area (Å²) >= 11 is 0. The normalized spacial score (nSPS) is 15.8. The Labute approximate surface area is 305 Å². The standard InChI is InChI=1S/C46H30N6O/c1-3-13-29(14-4-1)30-23-25-32(26-24-30)44-48-43(31-15-5-2-6-16-31)49-45(50-44)51-38-20-10-7-17-33(38)35-27-28-36-34-18-8-11-21-39(34)52(42(36)41(35)51)46-47-37-19-9-12-22-40(37)53-46/h1-28,35,41H. The van der Waals surface area contributed by atoms with Crippen LogP contribution in [0.1, 0.15) is 28.8 Å². The maximum absolute atomic E-state index is 6.52. The van der Waals surface area contributed by atoms with Crippen LogP contribution in [0.5, 0.6) is 0 Å². The number of benzene rings is 6. The topological polar surface area (TPSA) is 72.9 Å². The number of para-hydroxylation sites is 4.